The van der Waals surface area contributed by atoms with E-state index in [2.05, 4.69) is 146 Å². The maximum atomic E-state index is 4.88. The first-order valence-corrected chi connectivity index (χ1v) is 15.7. The van der Waals surface area contributed by atoms with Crippen molar-refractivity contribution in [1.29, 1.82) is 0 Å². The Morgan fingerprint density at radius 3 is 2.24 bits per heavy atom. The molecule has 0 aliphatic heterocycles. The van der Waals surface area contributed by atoms with E-state index in [-0.39, 0.29) is 0 Å². The summed E-state index contributed by atoms with van der Waals surface area (Å²) in [5, 5.41) is 3.60. The molecular formula is C42H33N3. The van der Waals surface area contributed by atoms with Crippen LogP contribution in [0.25, 0.3) is 71.9 Å². The quantitative estimate of drug-likeness (QED) is 0.196. The van der Waals surface area contributed by atoms with Crippen molar-refractivity contribution in [3.8, 4) is 39.2 Å². The van der Waals surface area contributed by atoms with Gasteiger partial charge in [0.1, 0.15) is 0 Å². The van der Waals surface area contributed by atoms with Crippen molar-refractivity contribution in [3.63, 3.8) is 0 Å². The lowest BCUT2D eigenvalue weighted by Gasteiger charge is -2.14. The Morgan fingerprint density at radius 1 is 0.600 bits per heavy atom. The minimum atomic E-state index is 0.602. The SMILES string of the molecule is CC(C)Cc1ccc(-c2cccc(-n3c4cc(-c5cccc6cccnc56)ccc4c4cccc(-c5ccccc5)c43)c2)nc1. The van der Waals surface area contributed by atoms with E-state index in [1.807, 2.05) is 18.5 Å². The zero-order valence-corrected chi connectivity index (χ0v) is 25.5. The summed E-state index contributed by atoms with van der Waals surface area (Å²) in [5.41, 5.74) is 12.5. The number of nitrogens with zero attached hydrogens (tertiary/aromatic N) is 3. The number of aromatic nitrogens is 3. The third kappa shape index (κ3) is 4.87. The molecule has 0 amide bonds. The smallest absolute Gasteiger partial charge is 0.0780 e. The third-order valence-corrected chi connectivity index (χ3v) is 8.69. The van der Waals surface area contributed by atoms with E-state index in [1.165, 1.54) is 33.0 Å². The first kappa shape index (κ1) is 27.0. The number of hydrogen-bond acceptors (Lipinski definition) is 2. The van der Waals surface area contributed by atoms with Crippen LogP contribution in [0, 0.1) is 5.92 Å². The van der Waals surface area contributed by atoms with E-state index in [9.17, 15) is 0 Å². The average molecular weight is 580 g/mol. The van der Waals surface area contributed by atoms with E-state index in [0.29, 0.717) is 5.92 Å². The van der Waals surface area contributed by atoms with Crippen LogP contribution < -0.4 is 0 Å². The fourth-order valence-electron chi connectivity index (χ4n) is 6.68. The molecular weight excluding hydrogens is 546 g/mol. The van der Waals surface area contributed by atoms with Crippen LogP contribution in [0.5, 0.6) is 0 Å². The molecule has 216 valence electrons. The summed E-state index contributed by atoms with van der Waals surface area (Å²) >= 11 is 0. The van der Waals surface area contributed by atoms with Crippen molar-refractivity contribution in [2.45, 2.75) is 20.3 Å². The van der Waals surface area contributed by atoms with Crippen molar-refractivity contribution in [3.05, 3.63) is 151 Å². The number of para-hydroxylation sites is 2. The van der Waals surface area contributed by atoms with Crippen molar-refractivity contribution >= 4 is 32.7 Å². The maximum Gasteiger partial charge on any atom is 0.0780 e. The lowest BCUT2D eigenvalue weighted by molar-refractivity contribution is 0.646. The monoisotopic (exact) mass is 579 g/mol. The second-order valence-electron chi connectivity index (χ2n) is 12.2. The Bertz CT molecular complexity index is 2310. The molecule has 45 heavy (non-hydrogen) atoms. The van der Waals surface area contributed by atoms with Gasteiger partial charge < -0.3 is 4.57 Å². The zero-order chi connectivity index (χ0) is 30.3. The number of pyridine rings is 2. The molecule has 5 aromatic carbocycles. The van der Waals surface area contributed by atoms with Crippen LogP contribution in [-0.4, -0.2) is 14.5 Å². The van der Waals surface area contributed by atoms with Crippen LogP contribution in [0.3, 0.4) is 0 Å². The van der Waals surface area contributed by atoms with Crippen LogP contribution >= 0.6 is 0 Å². The Hall–Kier alpha value is -5.54. The predicted molar refractivity (Wildman–Crippen MR) is 189 cm³/mol. The number of benzene rings is 5. The van der Waals surface area contributed by atoms with E-state index in [0.717, 1.165) is 50.9 Å². The summed E-state index contributed by atoms with van der Waals surface area (Å²) in [7, 11) is 0. The van der Waals surface area contributed by atoms with Gasteiger partial charge in [0.2, 0.25) is 0 Å². The predicted octanol–water partition coefficient (Wildman–Crippen LogP) is 10.9. The highest BCUT2D eigenvalue weighted by molar-refractivity contribution is 6.15. The maximum absolute atomic E-state index is 4.88. The summed E-state index contributed by atoms with van der Waals surface area (Å²) in [6, 6.07) is 47.9. The molecule has 3 heterocycles. The van der Waals surface area contributed by atoms with Gasteiger partial charge in [-0.1, -0.05) is 117 Å². The fraction of sp³-hybridized carbons (Fsp3) is 0.0952. The Balaban J connectivity index is 1.38. The Morgan fingerprint density at radius 2 is 1.40 bits per heavy atom. The molecule has 0 unspecified atom stereocenters. The lowest BCUT2D eigenvalue weighted by Crippen LogP contribution is -1.97. The molecule has 0 saturated heterocycles. The van der Waals surface area contributed by atoms with E-state index >= 15 is 0 Å². The van der Waals surface area contributed by atoms with Gasteiger partial charge in [-0.2, -0.15) is 0 Å². The summed E-state index contributed by atoms with van der Waals surface area (Å²) in [6.07, 6.45) is 4.94. The van der Waals surface area contributed by atoms with Crippen LogP contribution in [0.2, 0.25) is 0 Å². The topological polar surface area (TPSA) is 30.7 Å². The molecule has 0 radical (unpaired) electrons. The first-order chi connectivity index (χ1) is 22.1. The molecule has 0 aliphatic rings. The van der Waals surface area contributed by atoms with Crippen LogP contribution in [0.4, 0.5) is 0 Å². The highest BCUT2D eigenvalue weighted by Gasteiger charge is 2.18. The third-order valence-electron chi connectivity index (χ3n) is 8.69. The van der Waals surface area contributed by atoms with Crippen molar-refractivity contribution in [1.82, 2.24) is 14.5 Å². The molecule has 3 heteroatoms. The molecule has 0 saturated carbocycles. The second-order valence-corrected chi connectivity index (χ2v) is 12.2. The summed E-state index contributed by atoms with van der Waals surface area (Å²) < 4.78 is 2.44. The van der Waals surface area contributed by atoms with Gasteiger partial charge in [0.25, 0.3) is 0 Å². The van der Waals surface area contributed by atoms with Crippen LogP contribution in [-0.2, 0) is 6.42 Å². The van der Waals surface area contributed by atoms with Gasteiger partial charge in [0, 0.05) is 50.9 Å². The van der Waals surface area contributed by atoms with E-state index < -0.39 is 0 Å². The zero-order valence-electron chi connectivity index (χ0n) is 25.5. The number of hydrogen-bond donors (Lipinski definition) is 0. The Kier molecular flexibility index (Phi) is 6.72. The average Bonchev–Trinajstić information content (AvgIpc) is 3.42. The fourth-order valence-corrected chi connectivity index (χ4v) is 6.68. The van der Waals surface area contributed by atoms with Gasteiger partial charge in [-0.05, 0) is 59.4 Å². The van der Waals surface area contributed by atoms with Crippen molar-refractivity contribution in [2.75, 3.05) is 0 Å². The van der Waals surface area contributed by atoms with Crippen LogP contribution in [0.1, 0.15) is 19.4 Å². The number of rotatable bonds is 6. The second kappa shape index (κ2) is 11.2. The summed E-state index contributed by atoms with van der Waals surface area (Å²) in [6.45, 7) is 4.49. The molecule has 0 N–H and O–H groups in total. The molecule has 3 nitrogen and oxygen atoms in total. The standard InChI is InChI=1S/C42H33N3/c1-28(2)24-29-19-22-39(44-27-29)33-13-6-15-34(25-33)45-40-26-32(35-16-7-12-31-14-9-23-43-41(31)35)20-21-37(40)38-18-8-17-36(42(38)45)30-10-4-3-5-11-30/h3-23,25-28H,24H2,1-2H3. The molecule has 0 fully saturated rings. The van der Waals surface area contributed by atoms with E-state index in [1.54, 1.807) is 0 Å². The molecule has 0 atom stereocenters. The summed E-state index contributed by atoms with van der Waals surface area (Å²) in [4.78, 5) is 9.65. The highest BCUT2D eigenvalue weighted by atomic mass is 15.0. The van der Waals surface area contributed by atoms with Gasteiger partial charge in [-0.3, -0.25) is 9.97 Å². The molecule has 0 aliphatic carbocycles. The lowest BCUT2D eigenvalue weighted by atomic mass is 9.99. The first-order valence-electron chi connectivity index (χ1n) is 15.7. The highest BCUT2D eigenvalue weighted by Crippen LogP contribution is 2.40. The normalized spacial score (nSPS) is 11.6. The van der Waals surface area contributed by atoms with Crippen molar-refractivity contribution < 1.29 is 0 Å². The van der Waals surface area contributed by atoms with Gasteiger partial charge in [0.15, 0.2) is 0 Å². The molecule has 8 aromatic rings. The molecule has 0 spiro atoms. The molecule has 3 aromatic heterocycles. The van der Waals surface area contributed by atoms with Gasteiger partial charge in [-0.15, -0.1) is 0 Å². The number of fused-ring (bicyclic) bond motifs is 4. The minimum Gasteiger partial charge on any atom is -0.309 e. The van der Waals surface area contributed by atoms with Crippen molar-refractivity contribution in [2.24, 2.45) is 5.92 Å². The molecule has 8 rings (SSSR count). The van der Waals surface area contributed by atoms with Gasteiger partial charge >= 0.3 is 0 Å². The largest absolute Gasteiger partial charge is 0.309 e. The summed E-state index contributed by atoms with van der Waals surface area (Å²) in [5.74, 6) is 0.602. The van der Waals surface area contributed by atoms with E-state index in [4.69, 9.17) is 9.97 Å². The Labute approximate surface area is 263 Å². The minimum absolute atomic E-state index is 0.602. The van der Waals surface area contributed by atoms with Crippen LogP contribution in [0.15, 0.2) is 146 Å². The van der Waals surface area contributed by atoms with Gasteiger partial charge in [0.05, 0.1) is 22.2 Å². The molecule has 0 bridgehead atoms. The van der Waals surface area contributed by atoms with Gasteiger partial charge in [-0.25, -0.2) is 0 Å².